The molecule has 0 fully saturated rings. The molecule has 0 spiro atoms. The normalized spacial score (nSPS) is 14.1. The highest BCUT2D eigenvalue weighted by molar-refractivity contribution is 7.16. The molecule has 0 amide bonds. The number of hydrogen-bond donors (Lipinski definition) is 1. The van der Waals surface area contributed by atoms with Crippen LogP contribution >= 0.6 is 11.3 Å². The molecular formula is C16H17N3S. The Hall–Kier alpha value is -1.81. The van der Waals surface area contributed by atoms with Crippen LogP contribution < -0.4 is 5.73 Å². The van der Waals surface area contributed by atoms with Gasteiger partial charge in [0.1, 0.15) is 5.82 Å². The molecule has 0 aliphatic heterocycles. The number of rotatable bonds is 1. The molecular weight excluding hydrogens is 266 g/mol. The SMILES string of the molecule is Cc1nc2cc(-c3c(N)sc4c3CCC4)ccc2n1C. The zero-order valence-corrected chi connectivity index (χ0v) is 12.5. The average Bonchev–Trinajstić information content (AvgIpc) is 3.04. The second-order valence-corrected chi connectivity index (χ2v) is 6.65. The Morgan fingerprint density at radius 1 is 1.30 bits per heavy atom. The molecule has 3 aromatic rings. The van der Waals surface area contributed by atoms with Gasteiger partial charge >= 0.3 is 0 Å². The molecule has 4 heteroatoms. The smallest absolute Gasteiger partial charge is 0.106 e. The van der Waals surface area contributed by atoms with Crippen LogP contribution in [0.25, 0.3) is 22.2 Å². The Bertz CT molecular complexity index is 826. The van der Waals surface area contributed by atoms with Gasteiger partial charge in [-0.15, -0.1) is 11.3 Å². The summed E-state index contributed by atoms with van der Waals surface area (Å²) >= 11 is 1.76. The number of nitrogen functional groups attached to an aromatic ring is 1. The number of imidazole rings is 1. The van der Waals surface area contributed by atoms with Gasteiger partial charge in [0.05, 0.1) is 16.0 Å². The fourth-order valence-electron chi connectivity index (χ4n) is 3.22. The Balaban J connectivity index is 1.95. The maximum absolute atomic E-state index is 6.26. The van der Waals surface area contributed by atoms with Gasteiger partial charge in [0, 0.05) is 17.5 Å². The van der Waals surface area contributed by atoms with Crippen LogP contribution in [0.1, 0.15) is 22.7 Å². The van der Waals surface area contributed by atoms with Crippen molar-refractivity contribution in [3.05, 3.63) is 34.5 Å². The highest BCUT2D eigenvalue weighted by Gasteiger charge is 2.22. The molecule has 4 rings (SSSR count). The van der Waals surface area contributed by atoms with Crippen molar-refractivity contribution in [2.45, 2.75) is 26.2 Å². The van der Waals surface area contributed by atoms with E-state index in [1.807, 2.05) is 6.92 Å². The lowest BCUT2D eigenvalue weighted by atomic mass is 10.0. The molecule has 0 saturated carbocycles. The van der Waals surface area contributed by atoms with E-state index in [1.54, 1.807) is 11.3 Å². The summed E-state index contributed by atoms with van der Waals surface area (Å²) in [4.78, 5) is 6.11. The number of anilines is 1. The Labute approximate surface area is 122 Å². The summed E-state index contributed by atoms with van der Waals surface area (Å²) in [5, 5.41) is 0.960. The summed E-state index contributed by atoms with van der Waals surface area (Å²) in [7, 11) is 2.06. The summed E-state index contributed by atoms with van der Waals surface area (Å²) < 4.78 is 2.13. The van der Waals surface area contributed by atoms with Crippen molar-refractivity contribution in [1.82, 2.24) is 9.55 Å². The van der Waals surface area contributed by atoms with E-state index in [9.17, 15) is 0 Å². The van der Waals surface area contributed by atoms with Crippen LogP contribution in [-0.2, 0) is 19.9 Å². The molecule has 0 atom stereocenters. The van der Waals surface area contributed by atoms with Gasteiger partial charge in [-0.25, -0.2) is 4.98 Å². The molecule has 0 radical (unpaired) electrons. The predicted octanol–water partition coefficient (Wildman–Crippen LogP) is 3.68. The third-order valence-electron chi connectivity index (χ3n) is 4.34. The lowest BCUT2D eigenvalue weighted by Crippen LogP contribution is -1.90. The number of aryl methyl sites for hydroxylation is 3. The van der Waals surface area contributed by atoms with E-state index < -0.39 is 0 Å². The molecule has 2 aromatic heterocycles. The fourth-order valence-corrected chi connectivity index (χ4v) is 4.40. The second kappa shape index (κ2) is 4.09. The first-order valence-corrected chi connectivity index (χ1v) is 7.80. The third-order valence-corrected chi connectivity index (χ3v) is 5.46. The first-order valence-electron chi connectivity index (χ1n) is 6.98. The van der Waals surface area contributed by atoms with Gasteiger partial charge in [0.2, 0.25) is 0 Å². The first kappa shape index (κ1) is 12.0. The third kappa shape index (κ3) is 1.54. The molecule has 2 heterocycles. The topological polar surface area (TPSA) is 43.8 Å². The van der Waals surface area contributed by atoms with Crippen LogP contribution in [0.15, 0.2) is 18.2 Å². The molecule has 2 N–H and O–H groups in total. The van der Waals surface area contributed by atoms with Crippen LogP contribution in [0.3, 0.4) is 0 Å². The van der Waals surface area contributed by atoms with Crippen molar-refractivity contribution in [1.29, 1.82) is 0 Å². The van der Waals surface area contributed by atoms with Gasteiger partial charge in [-0.2, -0.15) is 0 Å². The molecule has 1 aliphatic carbocycles. The Morgan fingerprint density at radius 2 is 2.15 bits per heavy atom. The zero-order chi connectivity index (χ0) is 13.9. The van der Waals surface area contributed by atoms with Gasteiger partial charge in [-0.05, 0) is 49.4 Å². The van der Waals surface area contributed by atoms with Crippen molar-refractivity contribution in [2.24, 2.45) is 7.05 Å². The Morgan fingerprint density at radius 3 is 3.00 bits per heavy atom. The lowest BCUT2D eigenvalue weighted by Gasteiger charge is -2.04. The van der Waals surface area contributed by atoms with E-state index in [0.717, 1.165) is 22.8 Å². The molecule has 0 saturated heterocycles. The summed E-state index contributed by atoms with van der Waals surface area (Å²) in [5.74, 6) is 1.04. The van der Waals surface area contributed by atoms with Crippen LogP contribution in [0.2, 0.25) is 0 Å². The minimum absolute atomic E-state index is 0.960. The van der Waals surface area contributed by atoms with E-state index in [1.165, 1.54) is 39.9 Å². The van der Waals surface area contributed by atoms with Gasteiger partial charge in [0.15, 0.2) is 0 Å². The number of nitrogens with two attached hydrogens (primary N) is 1. The fraction of sp³-hybridized carbons (Fsp3) is 0.312. The van der Waals surface area contributed by atoms with Crippen molar-refractivity contribution >= 4 is 27.4 Å². The molecule has 1 aromatic carbocycles. The largest absolute Gasteiger partial charge is 0.390 e. The van der Waals surface area contributed by atoms with E-state index >= 15 is 0 Å². The molecule has 3 nitrogen and oxygen atoms in total. The number of fused-ring (bicyclic) bond motifs is 2. The summed E-state index contributed by atoms with van der Waals surface area (Å²) in [5.41, 5.74) is 12.4. The molecule has 0 unspecified atom stereocenters. The number of nitrogens with zero attached hydrogens (tertiary/aromatic N) is 2. The van der Waals surface area contributed by atoms with Gasteiger partial charge < -0.3 is 10.3 Å². The summed E-state index contributed by atoms with van der Waals surface area (Å²) in [6, 6.07) is 6.52. The van der Waals surface area contributed by atoms with E-state index in [2.05, 4.69) is 34.8 Å². The van der Waals surface area contributed by atoms with E-state index in [-0.39, 0.29) is 0 Å². The zero-order valence-electron chi connectivity index (χ0n) is 11.7. The quantitative estimate of drug-likeness (QED) is 0.740. The van der Waals surface area contributed by atoms with E-state index in [0.29, 0.717) is 0 Å². The second-order valence-electron chi connectivity index (χ2n) is 5.52. The monoisotopic (exact) mass is 283 g/mol. The molecule has 0 bridgehead atoms. The predicted molar refractivity (Wildman–Crippen MR) is 85.2 cm³/mol. The average molecular weight is 283 g/mol. The molecule has 1 aliphatic rings. The number of hydrogen-bond acceptors (Lipinski definition) is 3. The van der Waals surface area contributed by atoms with Crippen LogP contribution in [0, 0.1) is 6.92 Å². The molecule has 20 heavy (non-hydrogen) atoms. The summed E-state index contributed by atoms with van der Waals surface area (Å²) in [6.45, 7) is 2.04. The maximum Gasteiger partial charge on any atom is 0.106 e. The molecule has 102 valence electrons. The minimum Gasteiger partial charge on any atom is -0.390 e. The number of thiophene rings is 1. The maximum atomic E-state index is 6.26. The van der Waals surface area contributed by atoms with Crippen molar-refractivity contribution in [3.63, 3.8) is 0 Å². The number of aromatic nitrogens is 2. The standard InChI is InChI=1S/C16H17N3S/c1-9-18-12-8-10(6-7-13(12)19(9)2)15-11-4-3-5-14(11)20-16(15)17/h6-8H,3-5,17H2,1-2H3. The van der Waals surface area contributed by atoms with E-state index in [4.69, 9.17) is 5.73 Å². The Kier molecular flexibility index (Phi) is 2.45. The number of benzene rings is 1. The lowest BCUT2D eigenvalue weighted by molar-refractivity contribution is 0.886. The van der Waals surface area contributed by atoms with Crippen molar-refractivity contribution < 1.29 is 0 Å². The van der Waals surface area contributed by atoms with Gasteiger partial charge in [-0.3, -0.25) is 0 Å². The van der Waals surface area contributed by atoms with Gasteiger partial charge in [0.25, 0.3) is 0 Å². The van der Waals surface area contributed by atoms with Crippen molar-refractivity contribution in [3.8, 4) is 11.1 Å². The van der Waals surface area contributed by atoms with Crippen molar-refractivity contribution in [2.75, 3.05) is 5.73 Å². The minimum atomic E-state index is 0.960. The van der Waals surface area contributed by atoms with Crippen LogP contribution in [0.4, 0.5) is 5.00 Å². The highest BCUT2D eigenvalue weighted by atomic mass is 32.1. The summed E-state index contributed by atoms with van der Waals surface area (Å²) in [6.07, 6.45) is 3.62. The highest BCUT2D eigenvalue weighted by Crippen LogP contribution is 2.43. The van der Waals surface area contributed by atoms with Crippen LogP contribution in [0.5, 0.6) is 0 Å². The van der Waals surface area contributed by atoms with Gasteiger partial charge in [-0.1, -0.05) is 6.07 Å². The first-order chi connectivity index (χ1) is 9.65. The van der Waals surface area contributed by atoms with Crippen LogP contribution in [-0.4, -0.2) is 9.55 Å².